The Morgan fingerprint density at radius 1 is 1.25 bits per heavy atom. The van der Waals surface area contributed by atoms with Crippen LogP contribution in [-0.2, 0) is 11.3 Å². The van der Waals surface area contributed by atoms with Crippen molar-refractivity contribution in [1.82, 2.24) is 10.2 Å². The van der Waals surface area contributed by atoms with E-state index < -0.39 is 23.6 Å². The summed E-state index contributed by atoms with van der Waals surface area (Å²) < 4.78 is 31.5. The third-order valence-corrected chi connectivity index (χ3v) is 4.00. The maximum Gasteiger partial charge on any atom is 0.254 e. The summed E-state index contributed by atoms with van der Waals surface area (Å²) in [5.74, 6) is -2.26. The highest BCUT2D eigenvalue weighted by Crippen LogP contribution is 2.21. The SMILES string of the molecule is O=C(NCc1ccco1)C1CCCN1C(=O)c1ccc(F)c(F)c1. The molecule has 126 valence electrons. The van der Waals surface area contributed by atoms with E-state index >= 15 is 0 Å². The molecular formula is C17H16F2N2O3. The number of hydrogen-bond donors (Lipinski definition) is 1. The lowest BCUT2D eigenvalue weighted by Crippen LogP contribution is -2.45. The van der Waals surface area contributed by atoms with Crippen LogP contribution in [0.25, 0.3) is 0 Å². The van der Waals surface area contributed by atoms with E-state index in [0.29, 0.717) is 25.1 Å². The molecule has 1 fully saturated rings. The fourth-order valence-electron chi connectivity index (χ4n) is 2.78. The topological polar surface area (TPSA) is 62.6 Å². The van der Waals surface area contributed by atoms with Crippen LogP contribution in [0, 0.1) is 11.6 Å². The molecule has 1 N–H and O–H groups in total. The third-order valence-electron chi connectivity index (χ3n) is 4.00. The van der Waals surface area contributed by atoms with E-state index in [4.69, 9.17) is 4.42 Å². The van der Waals surface area contributed by atoms with Crippen LogP contribution in [0.1, 0.15) is 29.0 Å². The summed E-state index contributed by atoms with van der Waals surface area (Å²) in [6.45, 7) is 0.631. The first kappa shape index (κ1) is 16.2. The Kier molecular flexibility index (Phi) is 4.59. The molecule has 24 heavy (non-hydrogen) atoms. The second-order valence-corrected chi connectivity index (χ2v) is 5.58. The zero-order valence-corrected chi connectivity index (χ0v) is 12.8. The van der Waals surface area contributed by atoms with E-state index in [0.717, 1.165) is 12.1 Å². The molecule has 2 amide bonds. The maximum absolute atomic E-state index is 13.3. The van der Waals surface area contributed by atoms with E-state index in [2.05, 4.69) is 5.32 Å². The van der Waals surface area contributed by atoms with Crippen LogP contribution >= 0.6 is 0 Å². The van der Waals surface area contributed by atoms with Gasteiger partial charge in [-0.15, -0.1) is 0 Å². The van der Waals surface area contributed by atoms with Gasteiger partial charge in [0.2, 0.25) is 5.91 Å². The highest BCUT2D eigenvalue weighted by atomic mass is 19.2. The molecule has 0 radical (unpaired) electrons. The summed E-state index contributed by atoms with van der Waals surface area (Å²) in [6, 6.07) is 5.81. The van der Waals surface area contributed by atoms with Crippen LogP contribution in [0.5, 0.6) is 0 Å². The van der Waals surface area contributed by atoms with Crippen LogP contribution in [0.15, 0.2) is 41.0 Å². The fraction of sp³-hybridized carbons (Fsp3) is 0.294. The van der Waals surface area contributed by atoms with Gasteiger partial charge in [0.1, 0.15) is 11.8 Å². The van der Waals surface area contributed by atoms with Crippen LogP contribution in [0.4, 0.5) is 8.78 Å². The Bertz CT molecular complexity index is 746. The summed E-state index contributed by atoms with van der Waals surface area (Å²) >= 11 is 0. The molecule has 1 unspecified atom stereocenters. The van der Waals surface area contributed by atoms with E-state index in [9.17, 15) is 18.4 Å². The Balaban J connectivity index is 1.68. The van der Waals surface area contributed by atoms with E-state index in [1.165, 1.54) is 17.2 Å². The normalized spacial score (nSPS) is 17.1. The van der Waals surface area contributed by atoms with Gasteiger partial charge in [-0.1, -0.05) is 0 Å². The first-order valence-electron chi connectivity index (χ1n) is 7.62. The first-order chi connectivity index (χ1) is 11.6. The quantitative estimate of drug-likeness (QED) is 0.934. The highest BCUT2D eigenvalue weighted by molar-refractivity contribution is 5.97. The van der Waals surface area contributed by atoms with Gasteiger partial charge < -0.3 is 14.6 Å². The van der Waals surface area contributed by atoms with Gasteiger partial charge in [0, 0.05) is 12.1 Å². The van der Waals surface area contributed by atoms with Crippen molar-refractivity contribution in [2.24, 2.45) is 0 Å². The molecule has 0 saturated carbocycles. The van der Waals surface area contributed by atoms with Crippen molar-refractivity contribution in [1.29, 1.82) is 0 Å². The lowest BCUT2D eigenvalue weighted by Gasteiger charge is -2.24. The minimum atomic E-state index is -1.08. The van der Waals surface area contributed by atoms with Crippen molar-refractivity contribution in [2.45, 2.75) is 25.4 Å². The number of amides is 2. The van der Waals surface area contributed by atoms with Crippen LogP contribution in [-0.4, -0.2) is 29.3 Å². The molecule has 7 heteroatoms. The molecule has 1 aliphatic heterocycles. The zero-order valence-electron chi connectivity index (χ0n) is 12.8. The van der Waals surface area contributed by atoms with Crippen molar-refractivity contribution < 1.29 is 22.8 Å². The van der Waals surface area contributed by atoms with Crippen LogP contribution < -0.4 is 5.32 Å². The van der Waals surface area contributed by atoms with Crippen molar-refractivity contribution in [3.63, 3.8) is 0 Å². The Hall–Kier alpha value is -2.70. The van der Waals surface area contributed by atoms with Crippen molar-refractivity contribution >= 4 is 11.8 Å². The molecule has 1 aliphatic rings. The van der Waals surface area contributed by atoms with Gasteiger partial charge in [-0.2, -0.15) is 0 Å². The van der Waals surface area contributed by atoms with Crippen LogP contribution in [0.2, 0.25) is 0 Å². The number of rotatable bonds is 4. The monoisotopic (exact) mass is 334 g/mol. The summed E-state index contributed by atoms with van der Waals surface area (Å²) in [7, 11) is 0. The Morgan fingerprint density at radius 3 is 2.79 bits per heavy atom. The molecule has 2 aromatic rings. The number of halogens is 2. The van der Waals surface area contributed by atoms with Gasteiger partial charge in [-0.3, -0.25) is 9.59 Å². The Morgan fingerprint density at radius 2 is 2.08 bits per heavy atom. The number of nitrogens with zero attached hydrogens (tertiary/aromatic N) is 1. The molecule has 1 aromatic heterocycles. The van der Waals surface area contributed by atoms with Gasteiger partial charge in [0.15, 0.2) is 11.6 Å². The summed E-state index contributed by atoms with van der Waals surface area (Å²) in [4.78, 5) is 26.2. The lowest BCUT2D eigenvalue weighted by atomic mass is 10.1. The zero-order chi connectivity index (χ0) is 17.1. The molecule has 2 heterocycles. The molecule has 1 aromatic carbocycles. The predicted octanol–water partition coefficient (Wildman–Crippen LogP) is 2.48. The van der Waals surface area contributed by atoms with E-state index in [1.807, 2.05) is 0 Å². The number of hydrogen-bond acceptors (Lipinski definition) is 3. The number of likely N-dealkylation sites (tertiary alicyclic amines) is 1. The standard InChI is InChI=1S/C17H16F2N2O3/c18-13-6-5-11(9-14(13)19)17(23)21-7-1-4-15(21)16(22)20-10-12-3-2-8-24-12/h2-3,5-6,8-9,15H,1,4,7,10H2,(H,20,22). The molecule has 0 spiro atoms. The summed E-state index contributed by atoms with van der Waals surface area (Å²) in [5.41, 5.74) is 0.0274. The van der Waals surface area contributed by atoms with Gasteiger partial charge >= 0.3 is 0 Å². The smallest absolute Gasteiger partial charge is 0.254 e. The molecule has 0 aliphatic carbocycles. The molecule has 1 saturated heterocycles. The average Bonchev–Trinajstić information content (AvgIpc) is 3.26. The second-order valence-electron chi connectivity index (χ2n) is 5.58. The fourth-order valence-corrected chi connectivity index (χ4v) is 2.78. The third kappa shape index (κ3) is 3.29. The number of carbonyl (C=O) groups is 2. The molecular weight excluding hydrogens is 318 g/mol. The maximum atomic E-state index is 13.3. The average molecular weight is 334 g/mol. The van der Waals surface area contributed by atoms with E-state index in [-0.39, 0.29) is 18.0 Å². The van der Waals surface area contributed by atoms with Crippen molar-refractivity contribution in [2.75, 3.05) is 6.54 Å². The summed E-state index contributed by atoms with van der Waals surface area (Å²) in [6.07, 6.45) is 2.71. The lowest BCUT2D eigenvalue weighted by molar-refractivity contribution is -0.125. The largest absolute Gasteiger partial charge is 0.467 e. The van der Waals surface area contributed by atoms with Crippen LogP contribution in [0.3, 0.4) is 0 Å². The molecule has 5 nitrogen and oxygen atoms in total. The van der Waals surface area contributed by atoms with Crippen molar-refractivity contribution in [3.8, 4) is 0 Å². The minimum Gasteiger partial charge on any atom is -0.467 e. The molecule has 0 bridgehead atoms. The van der Waals surface area contributed by atoms with Gasteiger partial charge in [-0.25, -0.2) is 8.78 Å². The number of furan rings is 1. The number of carbonyl (C=O) groups excluding carboxylic acids is 2. The minimum absolute atomic E-state index is 0.0274. The predicted molar refractivity (Wildman–Crippen MR) is 81.0 cm³/mol. The van der Waals surface area contributed by atoms with Gasteiger partial charge in [-0.05, 0) is 43.2 Å². The van der Waals surface area contributed by atoms with Gasteiger partial charge in [0.25, 0.3) is 5.91 Å². The highest BCUT2D eigenvalue weighted by Gasteiger charge is 2.34. The summed E-state index contributed by atoms with van der Waals surface area (Å²) in [5, 5.41) is 2.72. The van der Waals surface area contributed by atoms with E-state index in [1.54, 1.807) is 12.1 Å². The first-order valence-corrected chi connectivity index (χ1v) is 7.62. The second kappa shape index (κ2) is 6.82. The number of nitrogens with one attached hydrogen (secondary N) is 1. The number of benzene rings is 1. The molecule has 1 atom stereocenters. The van der Waals surface area contributed by atoms with Crippen molar-refractivity contribution in [3.05, 3.63) is 59.6 Å². The Labute approximate surface area is 137 Å². The molecule has 3 rings (SSSR count). The van der Waals surface area contributed by atoms with Gasteiger partial charge in [0.05, 0.1) is 12.8 Å².